The van der Waals surface area contributed by atoms with Crippen LogP contribution in [-0.2, 0) is 16.5 Å². The molecule has 0 amide bonds. The molecule has 0 heterocycles. The Labute approximate surface area is 156 Å². The summed E-state index contributed by atoms with van der Waals surface area (Å²) in [7, 11) is -4.10. The zero-order valence-corrected chi connectivity index (χ0v) is 16.3. The van der Waals surface area contributed by atoms with E-state index in [-0.39, 0.29) is 4.90 Å². The number of hydrogen-bond acceptors (Lipinski definition) is 4. The van der Waals surface area contributed by atoms with Gasteiger partial charge in [-0.05, 0) is 24.5 Å². The first-order valence-corrected chi connectivity index (χ1v) is 10.6. The monoisotopic (exact) mass is 389 g/mol. The fourth-order valence-electron chi connectivity index (χ4n) is 2.76. The third-order valence-corrected chi connectivity index (χ3v) is 5.00. The summed E-state index contributed by atoms with van der Waals surface area (Å²) in [6.45, 7) is 2.24. The van der Waals surface area contributed by atoms with Crippen LogP contribution >= 0.6 is 0 Å². The van der Waals surface area contributed by atoms with Gasteiger partial charge in [0.25, 0.3) is 15.2 Å². The molecule has 0 aliphatic rings. The second-order valence-electron chi connectivity index (χ2n) is 6.25. The van der Waals surface area contributed by atoms with E-state index in [2.05, 4.69) is 6.92 Å². The van der Waals surface area contributed by atoms with E-state index < -0.39 is 15.2 Å². The van der Waals surface area contributed by atoms with Crippen molar-refractivity contribution in [2.75, 3.05) is 0 Å². The van der Waals surface area contributed by atoms with Gasteiger partial charge in [0.05, 0.1) is 4.90 Å². The second kappa shape index (κ2) is 14.5. The van der Waals surface area contributed by atoms with Gasteiger partial charge >= 0.3 is 0 Å². The summed E-state index contributed by atoms with van der Waals surface area (Å²) in [5.74, 6) is 0. The van der Waals surface area contributed by atoms with Crippen molar-refractivity contribution in [3.05, 3.63) is 39.9 Å². The summed E-state index contributed by atoms with van der Waals surface area (Å²) in [4.78, 5) is 8.42. The van der Waals surface area contributed by atoms with E-state index in [1.54, 1.807) is 12.1 Å². The number of nitrogens with zero attached hydrogens (tertiary/aromatic N) is 1. The van der Waals surface area contributed by atoms with Crippen LogP contribution in [-0.4, -0.2) is 23.3 Å². The molecule has 1 rings (SSSR count). The predicted octanol–water partition coefficient (Wildman–Crippen LogP) is 5.05. The molecule has 0 spiro atoms. The minimum absolute atomic E-state index is 0.0610. The number of aryl methyl sites for hydroxylation is 1. The molecule has 0 fully saturated rings. The van der Waals surface area contributed by atoms with Crippen LogP contribution in [0.4, 0.5) is 0 Å². The molecular formula is C18H31NO6S. The van der Waals surface area contributed by atoms with E-state index in [4.69, 9.17) is 15.3 Å². The molecule has 0 unspecified atom stereocenters. The smallest absolute Gasteiger partial charge is 0.294 e. The topological polar surface area (TPSA) is 118 Å². The maximum atomic E-state index is 11.3. The highest BCUT2D eigenvalue weighted by Crippen LogP contribution is 2.18. The fraction of sp³-hybridized carbons (Fsp3) is 0.667. The first kappa shape index (κ1) is 24.3. The van der Waals surface area contributed by atoms with E-state index in [9.17, 15) is 13.0 Å². The van der Waals surface area contributed by atoms with Crippen LogP contribution in [0.5, 0.6) is 0 Å². The standard InChI is InChI=1S/C18H30O3S.HNO3/c1-2-3-4-5-6-7-8-9-10-11-14-17-15-12-13-16-18(17)22(19,20)21;2-1(3)4/h12-13,15-16H,2-11,14H2,1H3,(H,19,20,21);(H,2,3,4). The molecule has 150 valence electrons. The molecule has 1 aromatic carbocycles. The molecule has 0 aromatic heterocycles. The lowest BCUT2D eigenvalue weighted by Gasteiger charge is -2.07. The van der Waals surface area contributed by atoms with Gasteiger partial charge in [-0.15, -0.1) is 10.1 Å². The molecule has 0 saturated carbocycles. The van der Waals surface area contributed by atoms with Crippen molar-refractivity contribution in [1.82, 2.24) is 0 Å². The Morgan fingerprint density at radius 2 is 1.35 bits per heavy atom. The molecule has 0 aliphatic heterocycles. The third kappa shape index (κ3) is 13.6. The van der Waals surface area contributed by atoms with Gasteiger partial charge in [0.1, 0.15) is 0 Å². The molecular weight excluding hydrogens is 358 g/mol. The summed E-state index contributed by atoms with van der Waals surface area (Å²) in [6, 6.07) is 6.73. The van der Waals surface area contributed by atoms with Crippen LogP contribution in [0.3, 0.4) is 0 Å². The molecule has 0 bridgehead atoms. The molecule has 1 aromatic rings. The highest BCUT2D eigenvalue weighted by molar-refractivity contribution is 7.85. The highest BCUT2D eigenvalue weighted by Gasteiger charge is 2.13. The van der Waals surface area contributed by atoms with Crippen LogP contribution in [0, 0.1) is 10.1 Å². The minimum atomic E-state index is -4.10. The Bertz CT molecular complexity index is 599. The summed E-state index contributed by atoms with van der Waals surface area (Å²) in [6.07, 6.45) is 13.3. The first-order valence-electron chi connectivity index (χ1n) is 9.17. The highest BCUT2D eigenvalue weighted by atomic mass is 32.2. The SMILES string of the molecule is CCCCCCCCCCCCc1ccccc1S(=O)(=O)O.O=[N+]([O-])O. The van der Waals surface area contributed by atoms with Gasteiger partial charge < -0.3 is 5.21 Å². The Balaban J connectivity index is 0.00000141. The normalized spacial score (nSPS) is 10.8. The molecule has 0 atom stereocenters. The van der Waals surface area contributed by atoms with Crippen LogP contribution in [0.25, 0.3) is 0 Å². The summed E-state index contributed by atoms with van der Waals surface area (Å²) < 4.78 is 31.8. The van der Waals surface area contributed by atoms with Crippen LogP contribution in [0.2, 0.25) is 0 Å². The Kier molecular flexibility index (Phi) is 13.6. The van der Waals surface area contributed by atoms with E-state index in [0.717, 1.165) is 18.4 Å². The molecule has 7 nitrogen and oxygen atoms in total. The number of hydrogen-bond donors (Lipinski definition) is 2. The van der Waals surface area contributed by atoms with Gasteiger partial charge in [0, 0.05) is 0 Å². The molecule has 2 N–H and O–H groups in total. The zero-order valence-electron chi connectivity index (χ0n) is 15.5. The molecule has 8 heteroatoms. The van der Waals surface area contributed by atoms with E-state index in [1.807, 2.05) is 6.07 Å². The predicted molar refractivity (Wildman–Crippen MR) is 101 cm³/mol. The van der Waals surface area contributed by atoms with Gasteiger partial charge in [0.2, 0.25) is 0 Å². The number of rotatable bonds is 12. The molecule has 0 aliphatic carbocycles. The maximum Gasteiger partial charge on any atom is 0.294 e. The quantitative estimate of drug-likeness (QED) is 0.223. The van der Waals surface area contributed by atoms with E-state index in [0.29, 0.717) is 6.42 Å². The average molecular weight is 390 g/mol. The van der Waals surface area contributed by atoms with Crippen LogP contribution in [0.15, 0.2) is 29.2 Å². The van der Waals surface area contributed by atoms with Crippen molar-refractivity contribution in [1.29, 1.82) is 0 Å². The van der Waals surface area contributed by atoms with Gasteiger partial charge in [-0.2, -0.15) is 8.42 Å². The third-order valence-electron chi connectivity index (χ3n) is 4.05. The largest absolute Gasteiger partial charge is 0.328 e. The Morgan fingerprint density at radius 1 is 0.923 bits per heavy atom. The van der Waals surface area contributed by atoms with Crippen molar-refractivity contribution in [3.8, 4) is 0 Å². The van der Waals surface area contributed by atoms with E-state index in [1.165, 1.54) is 57.4 Å². The summed E-state index contributed by atoms with van der Waals surface area (Å²) in [5, 5.41) is 13.6. The van der Waals surface area contributed by atoms with Gasteiger partial charge in [-0.1, -0.05) is 82.9 Å². The minimum Gasteiger partial charge on any atom is -0.328 e. The van der Waals surface area contributed by atoms with Gasteiger partial charge in [0.15, 0.2) is 0 Å². The van der Waals surface area contributed by atoms with Crippen molar-refractivity contribution in [2.24, 2.45) is 0 Å². The number of unbranched alkanes of at least 4 members (excludes halogenated alkanes) is 9. The van der Waals surface area contributed by atoms with Crippen molar-refractivity contribution in [3.63, 3.8) is 0 Å². The first-order chi connectivity index (χ1) is 12.3. The lowest BCUT2D eigenvalue weighted by atomic mass is 10.0. The van der Waals surface area contributed by atoms with Gasteiger partial charge in [-0.3, -0.25) is 4.55 Å². The molecule has 26 heavy (non-hydrogen) atoms. The molecule has 0 radical (unpaired) electrons. The number of benzene rings is 1. The fourth-order valence-corrected chi connectivity index (χ4v) is 3.52. The summed E-state index contributed by atoms with van der Waals surface area (Å²) in [5.41, 5.74) is 0.726. The van der Waals surface area contributed by atoms with Gasteiger partial charge in [-0.25, -0.2) is 0 Å². The van der Waals surface area contributed by atoms with Crippen LogP contribution < -0.4 is 0 Å². The lowest BCUT2D eigenvalue weighted by molar-refractivity contribution is -0.742. The molecule has 0 saturated heterocycles. The van der Waals surface area contributed by atoms with Crippen molar-refractivity contribution < 1.29 is 23.3 Å². The average Bonchev–Trinajstić information content (AvgIpc) is 2.55. The van der Waals surface area contributed by atoms with E-state index >= 15 is 0 Å². The lowest BCUT2D eigenvalue weighted by Crippen LogP contribution is -2.03. The van der Waals surface area contributed by atoms with Crippen molar-refractivity contribution in [2.45, 2.75) is 82.4 Å². The maximum absolute atomic E-state index is 11.3. The van der Waals surface area contributed by atoms with Crippen LogP contribution in [0.1, 0.15) is 76.7 Å². The zero-order chi connectivity index (χ0) is 19.8. The summed E-state index contributed by atoms with van der Waals surface area (Å²) >= 11 is 0. The Hall–Kier alpha value is -1.67. The Morgan fingerprint density at radius 3 is 1.81 bits per heavy atom. The van der Waals surface area contributed by atoms with Crippen molar-refractivity contribution >= 4 is 10.1 Å². The second-order valence-corrected chi connectivity index (χ2v) is 7.64.